The molecule has 4 nitrogen and oxygen atoms in total. The smallest absolute Gasteiger partial charge is 0.0998 e. The molecule has 0 spiro atoms. The van der Waals surface area contributed by atoms with Crippen molar-refractivity contribution in [3.8, 4) is 0 Å². The maximum Gasteiger partial charge on any atom is 0.0998 e. The second-order valence-electron chi connectivity index (χ2n) is 5.03. The molecule has 2 heterocycles. The van der Waals surface area contributed by atoms with Crippen LogP contribution >= 0.6 is 11.3 Å². The number of aryl methyl sites for hydroxylation is 1. The van der Waals surface area contributed by atoms with Crippen molar-refractivity contribution in [1.82, 2.24) is 15.0 Å². The van der Waals surface area contributed by atoms with Crippen LogP contribution in [0.2, 0.25) is 0 Å². The van der Waals surface area contributed by atoms with Gasteiger partial charge in [0.05, 0.1) is 17.9 Å². The summed E-state index contributed by atoms with van der Waals surface area (Å²) in [5.74, 6) is 0. The molecule has 0 bridgehead atoms. The highest BCUT2D eigenvalue weighted by atomic mass is 32.1. The molecule has 0 saturated carbocycles. The van der Waals surface area contributed by atoms with E-state index in [0.717, 1.165) is 24.4 Å². The van der Waals surface area contributed by atoms with Crippen molar-refractivity contribution in [1.29, 1.82) is 0 Å². The highest BCUT2D eigenvalue weighted by Gasteiger charge is 2.13. The maximum absolute atomic E-state index is 5.80. The summed E-state index contributed by atoms with van der Waals surface area (Å²) in [5.41, 5.74) is 10.3. The molecule has 1 aromatic carbocycles. The topological polar surface area (TPSA) is 56.7 Å². The zero-order valence-corrected chi connectivity index (χ0v) is 12.8. The average Bonchev–Trinajstić information content (AvgIpc) is 3.13. The summed E-state index contributed by atoms with van der Waals surface area (Å²) in [6.07, 6.45) is 0.836. The monoisotopic (exact) mass is 298 g/mol. The third-order valence-electron chi connectivity index (χ3n) is 3.61. The summed E-state index contributed by atoms with van der Waals surface area (Å²) in [4.78, 5) is 1.30. The first-order valence-electron chi connectivity index (χ1n) is 6.96. The molecule has 21 heavy (non-hydrogen) atoms. The standard InChI is InChI=1S/C16H18N4S/c1-12-5-2-3-6-13(12)11-20-16(15(10-17)18-19-20)9-14-7-4-8-21-14/h2-8H,9-11,17H2,1H3. The Kier molecular flexibility index (Phi) is 4.13. The van der Waals surface area contributed by atoms with Gasteiger partial charge in [-0.05, 0) is 29.5 Å². The molecule has 2 aromatic heterocycles. The van der Waals surface area contributed by atoms with Crippen LogP contribution < -0.4 is 5.73 Å². The molecule has 0 unspecified atom stereocenters. The molecule has 3 rings (SSSR count). The van der Waals surface area contributed by atoms with E-state index in [0.29, 0.717) is 6.54 Å². The van der Waals surface area contributed by atoms with Crippen LogP contribution in [-0.4, -0.2) is 15.0 Å². The van der Waals surface area contributed by atoms with E-state index in [1.165, 1.54) is 16.0 Å². The Labute approximate surface area is 128 Å². The lowest BCUT2D eigenvalue weighted by Gasteiger charge is -2.09. The van der Waals surface area contributed by atoms with E-state index in [4.69, 9.17) is 5.73 Å². The molecule has 0 radical (unpaired) electrons. The Morgan fingerprint density at radius 2 is 2.05 bits per heavy atom. The van der Waals surface area contributed by atoms with Crippen molar-refractivity contribution in [2.24, 2.45) is 5.73 Å². The number of hydrogen-bond acceptors (Lipinski definition) is 4. The molecule has 108 valence electrons. The van der Waals surface area contributed by atoms with Gasteiger partial charge in [0.1, 0.15) is 0 Å². The Hall–Kier alpha value is -1.98. The Bertz CT molecular complexity index is 716. The molecule has 2 N–H and O–H groups in total. The summed E-state index contributed by atoms with van der Waals surface area (Å²) in [5, 5.41) is 10.6. The van der Waals surface area contributed by atoms with Crippen LogP contribution in [0.25, 0.3) is 0 Å². The molecule has 0 fully saturated rings. The van der Waals surface area contributed by atoms with Crippen molar-refractivity contribution in [3.05, 3.63) is 69.2 Å². The first-order chi connectivity index (χ1) is 10.3. The Morgan fingerprint density at radius 1 is 1.19 bits per heavy atom. The molecule has 0 aliphatic heterocycles. The van der Waals surface area contributed by atoms with Gasteiger partial charge in [0.25, 0.3) is 0 Å². The zero-order valence-electron chi connectivity index (χ0n) is 12.0. The van der Waals surface area contributed by atoms with Gasteiger partial charge in [0, 0.05) is 17.8 Å². The first-order valence-corrected chi connectivity index (χ1v) is 7.84. The van der Waals surface area contributed by atoms with E-state index in [1.807, 2.05) is 4.68 Å². The third kappa shape index (κ3) is 3.04. The van der Waals surface area contributed by atoms with E-state index < -0.39 is 0 Å². The van der Waals surface area contributed by atoms with Crippen molar-refractivity contribution in [2.75, 3.05) is 0 Å². The summed E-state index contributed by atoms with van der Waals surface area (Å²) >= 11 is 1.75. The fourth-order valence-electron chi connectivity index (χ4n) is 2.37. The number of rotatable bonds is 5. The van der Waals surface area contributed by atoms with Crippen molar-refractivity contribution in [3.63, 3.8) is 0 Å². The van der Waals surface area contributed by atoms with Crippen LogP contribution in [0.4, 0.5) is 0 Å². The second-order valence-corrected chi connectivity index (χ2v) is 6.06. The number of benzene rings is 1. The number of aromatic nitrogens is 3. The number of nitrogens with two attached hydrogens (primary N) is 1. The lowest BCUT2D eigenvalue weighted by Crippen LogP contribution is -2.10. The van der Waals surface area contributed by atoms with Crippen LogP contribution in [0.1, 0.15) is 27.4 Å². The number of thiophene rings is 1. The van der Waals surface area contributed by atoms with Gasteiger partial charge in [0.15, 0.2) is 0 Å². The number of hydrogen-bond donors (Lipinski definition) is 1. The molecular formula is C16H18N4S. The fraction of sp³-hybridized carbons (Fsp3) is 0.250. The lowest BCUT2D eigenvalue weighted by molar-refractivity contribution is 0.624. The summed E-state index contributed by atoms with van der Waals surface area (Å²) < 4.78 is 1.98. The quantitative estimate of drug-likeness (QED) is 0.788. The van der Waals surface area contributed by atoms with Crippen LogP contribution in [0.3, 0.4) is 0 Å². The van der Waals surface area contributed by atoms with Crippen LogP contribution in [0.15, 0.2) is 41.8 Å². The van der Waals surface area contributed by atoms with Crippen LogP contribution in [0, 0.1) is 6.92 Å². The molecule has 5 heteroatoms. The highest BCUT2D eigenvalue weighted by Crippen LogP contribution is 2.18. The van der Waals surface area contributed by atoms with E-state index in [2.05, 4.69) is 59.0 Å². The molecule has 0 saturated heterocycles. The minimum absolute atomic E-state index is 0.425. The zero-order chi connectivity index (χ0) is 14.7. The molecule has 3 aromatic rings. The van der Waals surface area contributed by atoms with Gasteiger partial charge < -0.3 is 5.73 Å². The third-order valence-corrected chi connectivity index (χ3v) is 4.49. The maximum atomic E-state index is 5.80. The van der Waals surface area contributed by atoms with Crippen LogP contribution in [-0.2, 0) is 19.5 Å². The lowest BCUT2D eigenvalue weighted by atomic mass is 10.1. The highest BCUT2D eigenvalue weighted by molar-refractivity contribution is 7.09. The fourth-order valence-corrected chi connectivity index (χ4v) is 3.08. The average molecular weight is 298 g/mol. The van der Waals surface area contributed by atoms with Crippen molar-refractivity contribution < 1.29 is 0 Å². The van der Waals surface area contributed by atoms with E-state index >= 15 is 0 Å². The van der Waals surface area contributed by atoms with E-state index in [1.54, 1.807) is 11.3 Å². The van der Waals surface area contributed by atoms with Gasteiger partial charge >= 0.3 is 0 Å². The molecule has 0 aliphatic rings. The normalized spacial score (nSPS) is 11.0. The van der Waals surface area contributed by atoms with E-state index in [-0.39, 0.29) is 0 Å². The van der Waals surface area contributed by atoms with Gasteiger partial charge in [-0.3, -0.25) is 0 Å². The van der Waals surface area contributed by atoms with Gasteiger partial charge in [-0.2, -0.15) is 0 Å². The molecular weight excluding hydrogens is 280 g/mol. The second kappa shape index (κ2) is 6.20. The summed E-state index contributed by atoms with van der Waals surface area (Å²) in [6.45, 7) is 3.28. The van der Waals surface area contributed by atoms with Crippen molar-refractivity contribution >= 4 is 11.3 Å². The largest absolute Gasteiger partial charge is 0.325 e. The first kappa shape index (κ1) is 14.0. The Morgan fingerprint density at radius 3 is 2.76 bits per heavy atom. The van der Waals surface area contributed by atoms with E-state index in [9.17, 15) is 0 Å². The van der Waals surface area contributed by atoms with Crippen molar-refractivity contribution in [2.45, 2.75) is 26.4 Å². The van der Waals surface area contributed by atoms with Gasteiger partial charge in [-0.15, -0.1) is 16.4 Å². The van der Waals surface area contributed by atoms with Gasteiger partial charge in [0.2, 0.25) is 0 Å². The SMILES string of the molecule is Cc1ccccc1Cn1nnc(CN)c1Cc1cccs1. The summed E-state index contributed by atoms with van der Waals surface area (Å²) in [6, 6.07) is 12.6. The minimum atomic E-state index is 0.425. The van der Waals surface area contributed by atoms with Gasteiger partial charge in [-0.25, -0.2) is 4.68 Å². The summed E-state index contributed by atoms with van der Waals surface area (Å²) in [7, 11) is 0. The Balaban J connectivity index is 1.92. The number of nitrogens with zero attached hydrogens (tertiary/aromatic N) is 3. The molecule has 0 atom stereocenters. The minimum Gasteiger partial charge on any atom is -0.325 e. The molecule has 0 aliphatic carbocycles. The molecule has 0 amide bonds. The van der Waals surface area contributed by atoms with Gasteiger partial charge in [-0.1, -0.05) is 35.5 Å². The predicted molar refractivity (Wildman–Crippen MR) is 85.3 cm³/mol. The van der Waals surface area contributed by atoms with Crippen LogP contribution in [0.5, 0.6) is 0 Å². The predicted octanol–water partition coefficient (Wildman–Crippen LogP) is 2.75.